The van der Waals surface area contributed by atoms with E-state index in [9.17, 15) is 0 Å². The van der Waals surface area contributed by atoms with Crippen LogP contribution in [0.5, 0.6) is 0 Å². The van der Waals surface area contributed by atoms with Crippen LogP contribution in [0.3, 0.4) is 0 Å². The van der Waals surface area contributed by atoms with Gasteiger partial charge in [-0.05, 0) is 93.0 Å². The first-order valence-electron chi connectivity index (χ1n) is 12.2. The second-order valence-corrected chi connectivity index (χ2v) is 9.46. The minimum atomic E-state index is 1.04. The van der Waals surface area contributed by atoms with Gasteiger partial charge in [0.25, 0.3) is 0 Å². The molecular weight excluding hydrogens is 422 g/mol. The number of aliphatic imine (C=N–C) groups is 1. The van der Waals surface area contributed by atoms with E-state index in [4.69, 9.17) is 4.99 Å². The molecule has 0 N–H and O–H groups in total. The molecule has 35 heavy (non-hydrogen) atoms. The van der Waals surface area contributed by atoms with Crippen LogP contribution in [0.2, 0.25) is 0 Å². The summed E-state index contributed by atoms with van der Waals surface area (Å²) in [5.41, 5.74) is 8.30. The number of aryl methyl sites for hydroxylation is 1. The number of hydrogen-bond acceptors (Lipinski definition) is 1. The summed E-state index contributed by atoms with van der Waals surface area (Å²) < 4.78 is 0. The largest absolute Gasteiger partial charge is 0.258 e. The van der Waals surface area contributed by atoms with E-state index >= 15 is 0 Å². The molecule has 0 unspecified atom stereocenters. The van der Waals surface area contributed by atoms with Gasteiger partial charge in [-0.25, -0.2) is 0 Å². The van der Waals surface area contributed by atoms with Crippen LogP contribution in [0.15, 0.2) is 114 Å². The number of fused-ring (bicyclic) bond motifs is 3. The summed E-state index contributed by atoms with van der Waals surface area (Å²) in [6.07, 6.45) is 0. The molecule has 0 spiro atoms. The number of benzene rings is 6. The minimum absolute atomic E-state index is 1.04. The highest BCUT2D eigenvalue weighted by Crippen LogP contribution is 2.44. The monoisotopic (exact) mass is 449 g/mol. The molecule has 0 radical (unpaired) electrons. The third kappa shape index (κ3) is 3.70. The fraction of sp³-hybridized carbons (Fsp3) is 0.0882. The maximum Gasteiger partial charge on any atom is 0.0664 e. The van der Waals surface area contributed by atoms with Gasteiger partial charge in [0, 0.05) is 5.71 Å². The summed E-state index contributed by atoms with van der Waals surface area (Å²) in [5, 5.41) is 7.60. The van der Waals surface area contributed by atoms with E-state index in [2.05, 4.69) is 130 Å². The zero-order valence-corrected chi connectivity index (χ0v) is 20.3. The molecule has 6 rings (SSSR count). The molecule has 0 aromatic heterocycles. The van der Waals surface area contributed by atoms with Crippen molar-refractivity contribution in [2.24, 2.45) is 4.99 Å². The molecule has 0 bridgehead atoms. The van der Waals surface area contributed by atoms with Crippen LogP contribution in [-0.4, -0.2) is 5.71 Å². The average molecular weight is 450 g/mol. The van der Waals surface area contributed by atoms with Crippen molar-refractivity contribution in [3.05, 3.63) is 115 Å². The average Bonchev–Trinajstić information content (AvgIpc) is 2.88. The van der Waals surface area contributed by atoms with Gasteiger partial charge in [0.1, 0.15) is 0 Å². The highest BCUT2D eigenvalue weighted by molar-refractivity contribution is 6.21. The van der Waals surface area contributed by atoms with Crippen molar-refractivity contribution in [1.82, 2.24) is 0 Å². The lowest BCUT2D eigenvalue weighted by molar-refractivity contribution is 1.38. The van der Waals surface area contributed by atoms with Crippen LogP contribution >= 0.6 is 0 Å². The van der Waals surface area contributed by atoms with Gasteiger partial charge in [-0.15, -0.1) is 0 Å². The van der Waals surface area contributed by atoms with Gasteiger partial charge in [0.05, 0.1) is 5.69 Å². The lowest BCUT2D eigenvalue weighted by Gasteiger charge is -2.18. The van der Waals surface area contributed by atoms with E-state index in [0.717, 1.165) is 11.4 Å². The molecule has 6 aromatic carbocycles. The first-order chi connectivity index (χ1) is 17.1. The van der Waals surface area contributed by atoms with Crippen molar-refractivity contribution in [2.75, 3.05) is 0 Å². The molecule has 0 saturated carbocycles. The topological polar surface area (TPSA) is 12.4 Å². The summed E-state index contributed by atoms with van der Waals surface area (Å²) in [6, 6.07) is 39.7. The van der Waals surface area contributed by atoms with Crippen LogP contribution in [0.1, 0.15) is 19.4 Å². The normalized spacial score (nSPS) is 11.3. The third-order valence-corrected chi connectivity index (χ3v) is 6.81. The van der Waals surface area contributed by atoms with E-state index in [1.165, 1.54) is 60.1 Å². The minimum Gasteiger partial charge on any atom is -0.258 e. The van der Waals surface area contributed by atoms with Gasteiger partial charge in [-0.1, -0.05) is 97.1 Å². The Morgan fingerprint density at radius 1 is 0.514 bits per heavy atom. The predicted octanol–water partition coefficient (Wildman–Crippen LogP) is 9.90. The Bertz CT molecular complexity index is 1710. The Morgan fingerprint density at radius 3 is 1.57 bits per heavy atom. The van der Waals surface area contributed by atoms with Crippen molar-refractivity contribution in [3.8, 4) is 22.3 Å². The molecule has 0 saturated heterocycles. The predicted molar refractivity (Wildman–Crippen MR) is 153 cm³/mol. The van der Waals surface area contributed by atoms with Gasteiger partial charge in [0.15, 0.2) is 0 Å². The smallest absolute Gasteiger partial charge is 0.0664 e. The molecule has 6 aromatic rings. The Labute approximate surface area is 206 Å². The third-order valence-electron chi connectivity index (χ3n) is 6.81. The van der Waals surface area contributed by atoms with Crippen LogP contribution in [-0.2, 0) is 0 Å². The molecule has 1 heteroatoms. The van der Waals surface area contributed by atoms with Crippen LogP contribution in [0, 0.1) is 6.92 Å². The van der Waals surface area contributed by atoms with Crippen molar-refractivity contribution in [1.29, 1.82) is 0 Å². The number of rotatable bonds is 3. The maximum atomic E-state index is 4.82. The van der Waals surface area contributed by atoms with E-state index in [0.29, 0.717) is 0 Å². The lowest BCUT2D eigenvalue weighted by Crippen LogP contribution is -1.91. The molecule has 0 aliphatic heterocycles. The highest BCUT2D eigenvalue weighted by Gasteiger charge is 2.17. The second-order valence-electron chi connectivity index (χ2n) is 9.46. The first-order valence-corrected chi connectivity index (χ1v) is 12.2. The van der Waals surface area contributed by atoms with E-state index in [1.54, 1.807) is 0 Å². The maximum absolute atomic E-state index is 4.82. The molecule has 0 amide bonds. The van der Waals surface area contributed by atoms with Gasteiger partial charge in [0.2, 0.25) is 0 Å². The van der Waals surface area contributed by atoms with Crippen molar-refractivity contribution in [2.45, 2.75) is 20.8 Å². The van der Waals surface area contributed by atoms with Crippen molar-refractivity contribution >= 4 is 43.7 Å². The molecule has 0 fully saturated rings. The van der Waals surface area contributed by atoms with Crippen LogP contribution in [0.4, 0.5) is 5.69 Å². The Morgan fingerprint density at radius 2 is 1.00 bits per heavy atom. The molecule has 168 valence electrons. The molecule has 0 aliphatic rings. The SMILES string of the molecule is CC(C)=Nc1cc(-c2c3ccccc3c(-c3ccc4ccccc4c3)c3ccccc23)ccc1C. The van der Waals surface area contributed by atoms with Gasteiger partial charge < -0.3 is 0 Å². The second kappa shape index (κ2) is 8.52. The zero-order valence-electron chi connectivity index (χ0n) is 20.3. The van der Waals surface area contributed by atoms with E-state index < -0.39 is 0 Å². The summed E-state index contributed by atoms with van der Waals surface area (Å²) in [7, 11) is 0. The summed E-state index contributed by atoms with van der Waals surface area (Å²) in [4.78, 5) is 4.82. The fourth-order valence-electron chi connectivity index (χ4n) is 5.22. The van der Waals surface area contributed by atoms with E-state index in [-0.39, 0.29) is 0 Å². The Balaban J connectivity index is 1.72. The van der Waals surface area contributed by atoms with Gasteiger partial charge >= 0.3 is 0 Å². The van der Waals surface area contributed by atoms with Gasteiger partial charge in [-0.3, -0.25) is 4.99 Å². The van der Waals surface area contributed by atoms with E-state index in [1.807, 2.05) is 0 Å². The molecule has 1 nitrogen and oxygen atoms in total. The number of hydrogen-bond donors (Lipinski definition) is 0. The first kappa shape index (κ1) is 21.3. The quantitative estimate of drug-likeness (QED) is 0.188. The highest BCUT2D eigenvalue weighted by atomic mass is 14.7. The van der Waals surface area contributed by atoms with Crippen LogP contribution < -0.4 is 0 Å². The van der Waals surface area contributed by atoms with Gasteiger partial charge in [-0.2, -0.15) is 0 Å². The Hall–Kier alpha value is -4.23. The standard InChI is InChI=1S/C34H27N/c1-22(2)35-32-21-27(17-16-23(32)3)34-30-14-8-6-12-28(30)33(29-13-7-9-15-31(29)34)26-19-18-24-10-4-5-11-25(24)20-26/h4-21H,1-3H3. The fourth-order valence-corrected chi connectivity index (χ4v) is 5.22. The summed E-state index contributed by atoms with van der Waals surface area (Å²) >= 11 is 0. The molecule has 0 heterocycles. The molecule has 0 aliphatic carbocycles. The van der Waals surface area contributed by atoms with Crippen molar-refractivity contribution < 1.29 is 0 Å². The molecular formula is C34H27N. The lowest BCUT2D eigenvalue weighted by atomic mass is 9.85. The van der Waals surface area contributed by atoms with Crippen molar-refractivity contribution in [3.63, 3.8) is 0 Å². The molecule has 0 atom stereocenters. The zero-order chi connectivity index (χ0) is 23.9. The summed E-state index contributed by atoms with van der Waals surface area (Å²) in [5.74, 6) is 0. The number of nitrogens with zero attached hydrogens (tertiary/aromatic N) is 1. The van der Waals surface area contributed by atoms with Crippen LogP contribution in [0.25, 0.3) is 54.6 Å². The Kier molecular flexibility index (Phi) is 5.19. The summed E-state index contributed by atoms with van der Waals surface area (Å²) in [6.45, 7) is 6.23.